The van der Waals surface area contributed by atoms with Crippen LogP contribution in [0.4, 0.5) is 10.3 Å². The second kappa shape index (κ2) is 12.4. The number of carbonyl (C=O) groups is 1. The minimum absolute atomic E-state index is 0.0413. The molecule has 0 saturated carbocycles. The number of nitrogen functional groups attached to an aromatic ring is 1. The second-order valence-corrected chi connectivity index (χ2v) is 11.6. The zero-order chi connectivity index (χ0) is 29.9. The number of anilines is 1. The lowest BCUT2D eigenvalue weighted by Gasteiger charge is -2.25. The van der Waals surface area contributed by atoms with Crippen LogP contribution < -0.4 is 20.1 Å². The zero-order valence-electron chi connectivity index (χ0n) is 22.6. The maximum absolute atomic E-state index is 15.8. The number of fused-ring (bicyclic) bond motifs is 1. The van der Waals surface area contributed by atoms with E-state index < -0.39 is 56.0 Å². The number of aromatic nitrogens is 4. The molecule has 1 fully saturated rings. The van der Waals surface area contributed by atoms with Gasteiger partial charge in [0.1, 0.15) is 24.0 Å². The molecule has 0 aliphatic carbocycles. The average molecular weight is 617 g/mol. The Morgan fingerprint density at radius 2 is 2.02 bits per heavy atom. The summed E-state index contributed by atoms with van der Waals surface area (Å²) >= 11 is 6.14. The van der Waals surface area contributed by atoms with Crippen molar-refractivity contribution in [3.63, 3.8) is 0 Å². The van der Waals surface area contributed by atoms with E-state index in [1.54, 1.807) is 39.0 Å². The quantitative estimate of drug-likeness (QED) is 0.153. The van der Waals surface area contributed by atoms with Crippen LogP contribution in [-0.4, -0.2) is 73.3 Å². The van der Waals surface area contributed by atoms with E-state index in [4.69, 9.17) is 40.6 Å². The molecule has 1 aliphatic rings. The predicted molar refractivity (Wildman–Crippen MR) is 145 cm³/mol. The van der Waals surface area contributed by atoms with Crippen molar-refractivity contribution >= 4 is 42.4 Å². The standard InChI is InChI=1S/C24H31ClFN6O8P/c1-5-36-20-17-19(29-23(27)30-20)32(12-28-17)22-24(25,26)18(33)16(39-22)11-37-41(35,40-15-9-7-6-8-10-15)31-14(4)21(34)38-13(2)3/h6-10,12-14,16,18,22,33H,5,11H2,1-4H3,(H,31,35)(H2,27,29,30)/t14-,16+,18+,22+,24+,41?/m0/s1. The number of hydrogen-bond acceptors (Lipinski definition) is 12. The highest BCUT2D eigenvalue weighted by Gasteiger charge is 2.58. The van der Waals surface area contributed by atoms with E-state index in [1.807, 2.05) is 0 Å². The van der Waals surface area contributed by atoms with E-state index in [1.165, 1.54) is 25.4 Å². The first kappa shape index (κ1) is 30.9. The van der Waals surface area contributed by atoms with Crippen LogP contribution in [0.3, 0.4) is 0 Å². The van der Waals surface area contributed by atoms with Crippen LogP contribution in [0.15, 0.2) is 36.7 Å². The first-order valence-corrected chi connectivity index (χ1v) is 14.6. The molecule has 1 aliphatic heterocycles. The molecular formula is C24H31ClFN6O8P. The van der Waals surface area contributed by atoms with Gasteiger partial charge in [-0.05, 0) is 39.8 Å². The molecule has 2 aromatic heterocycles. The van der Waals surface area contributed by atoms with Gasteiger partial charge in [-0.25, -0.2) is 13.9 Å². The summed E-state index contributed by atoms with van der Waals surface area (Å²) in [5, 5.41) is 10.4. The largest absolute Gasteiger partial charge is 0.476 e. The number of esters is 1. The van der Waals surface area contributed by atoms with Crippen LogP contribution in [0.1, 0.15) is 33.9 Å². The number of nitrogens with one attached hydrogen (secondary N) is 1. The molecular weight excluding hydrogens is 586 g/mol. The van der Waals surface area contributed by atoms with Gasteiger partial charge in [0.25, 0.3) is 5.13 Å². The number of carbonyl (C=O) groups excluding carboxylic acids is 1. The Morgan fingerprint density at radius 1 is 1.32 bits per heavy atom. The Labute approximate surface area is 239 Å². The van der Waals surface area contributed by atoms with Gasteiger partial charge in [-0.1, -0.05) is 29.8 Å². The van der Waals surface area contributed by atoms with E-state index >= 15 is 4.39 Å². The van der Waals surface area contributed by atoms with Crippen LogP contribution in [0.5, 0.6) is 11.6 Å². The molecule has 4 rings (SSSR count). The smallest absolute Gasteiger partial charge is 0.459 e. The minimum atomic E-state index is -4.34. The summed E-state index contributed by atoms with van der Waals surface area (Å²) in [5.74, 6) is -0.652. The average Bonchev–Trinajstić information content (AvgIpc) is 3.41. The Balaban J connectivity index is 1.56. The lowest BCUT2D eigenvalue weighted by molar-refractivity contribution is -0.149. The van der Waals surface area contributed by atoms with Crippen LogP contribution in [0.25, 0.3) is 11.2 Å². The summed E-state index contributed by atoms with van der Waals surface area (Å²) in [7, 11) is -4.34. The van der Waals surface area contributed by atoms with E-state index in [0.717, 1.165) is 4.57 Å². The van der Waals surface area contributed by atoms with E-state index in [2.05, 4.69) is 20.0 Å². The Kier molecular flexibility index (Phi) is 9.36. The lowest BCUT2D eigenvalue weighted by Crippen LogP contribution is -2.40. The van der Waals surface area contributed by atoms with E-state index in [-0.39, 0.29) is 35.3 Å². The fourth-order valence-corrected chi connectivity index (χ4v) is 5.73. The fraction of sp³-hybridized carbons (Fsp3) is 0.500. The number of ether oxygens (including phenoxy) is 3. The first-order valence-electron chi connectivity index (χ1n) is 12.7. The molecule has 1 saturated heterocycles. The minimum Gasteiger partial charge on any atom is -0.476 e. The molecule has 41 heavy (non-hydrogen) atoms. The van der Waals surface area contributed by atoms with E-state index in [9.17, 15) is 14.5 Å². The molecule has 14 nitrogen and oxygen atoms in total. The molecule has 3 heterocycles. The van der Waals surface area contributed by atoms with Crippen molar-refractivity contribution in [2.24, 2.45) is 0 Å². The van der Waals surface area contributed by atoms with Gasteiger partial charge in [-0.15, -0.1) is 0 Å². The summed E-state index contributed by atoms with van der Waals surface area (Å²) in [6.07, 6.45) is -4.31. The lowest BCUT2D eigenvalue weighted by atomic mass is 10.1. The van der Waals surface area contributed by atoms with Gasteiger partial charge in [-0.3, -0.25) is 13.9 Å². The van der Waals surface area contributed by atoms with Crippen molar-refractivity contribution in [1.82, 2.24) is 24.6 Å². The molecule has 6 atom stereocenters. The SMILES string of the molecule is CCOc1nc(N)nc2c1ncn2[C@@H]1O[C@H](COP(=O)(N[C@@H](C)C(=O)OC(C)C)Oc2ccccc2)[C@@H](O)[C@]1(F)Cl. The van der Waals surface area contributed by atoms with Gasteiger partial charge in [-0.2, -0.15) is 15.1 Å². The predicted octanol–water partition coefficient (Wildman–Crippen LogP) is 3.10. The Morgan fingerprint density at radius 3 is 2.68 bits per heavy atom. The summed E-state index contributed by atoms with van der Waals surface area (Å²) < 4.78 is 58.1. The number of aliphatic hydroxyl groups excluding tert-OH is 1. The number of benzene rings is 1. The zero-order valence-corrected chi connectivity index (χ0v) is 24.3. The van der Waals surface area contributed by atoms with E-state index in [0.29, 0.717) is 0 Å². The fourth-order valence-electron chi connectivity index (χ4n) is 3.93. The summed E-state index contributed by atoms with van der Waals surface area (Å²) in [4.78, 5) is 24.6. The van der Waals surface area contributed by atoms with Crippen molar-refractivity contribution in [1.29, 1.82) is 0 Å². The molecule has 17 heteroatoms. The highest BCUT2D eigenvalue weighted by molar-refractivity contribution is 7.52. The summed E-state index contributed by atoms with van der Waals surface area (Å²) in [6.45, 7) is 6.06. The molecule has 1 aromatic carbocycles. The Bertz CT molecular complexity index is 1410. The number of imidazole rings is 1. The third-order valence-electron chi connectivity index (χ3n) is 5.75. The number of rotatable bonds is 12. The number of nitrogens with two attached hydrogens (primary N) is 1. The van der Waals surface area contributed by atoms with Crippen LogP contribution in [0, 0.1) is 0 Å². The summed E-state index contributed by atoms with van der Waals surface area (Å²) in [5.41, 5.74) is 5.99. The maximum atomic E-state index is 15.8. The van der Waals surface area contributed by atoms with Gasteiger partial charge in [0.05, 0.1) is 25.6 Å². The first-order chi connectivity index (χ1) is 19.3. The van der Waals surface area contributed by atoms with Gasteiger partial charge in [0, 0.05) is 0 Å². The van der Waals surface area contributed by atoms with Crippen molar-refractivity contribution in [2.45, 2.75) is 63.4 Å². The van der Waals surface area contributed by atoms with Crippen molar-refractivity contribution < 1.29 is 42.1 Å². The topological polar surface area (TPSA) is 182 Å². The van der Waals surface area contributed by atoms with Crippen molar-refractivity contribution in [2.75, 3.05) is 18.9 Å². The maximum Gasteiger partial charge on any atom is 0.459 e. The number of halogens is 2. The summed E-state index contributed by atoms with van der Waals surface area (Å²) in [6, 6.07) is 6.91. The molecule has 0 radical (unpaired) electrons. The molecule has 1 unspecified atom stereocenters. The van der Waals surface area contributed by atoms with Gasteiger partial charge < -0.3 is 29.6 Å². The Hall–Kier alpha value is -3.07. The molecule has 224 valence electrons. The van der Waals surface area contributed by atoms with Gasteiger partial charge in [0.2, 0.25) is 11.8 Å². The van der Waals surface area contributed by atoms with Gasteiger partial charge in [0.15, 0.2) is 17.4 Å². The van der Waals surface area contributed by atoms with Crippen LogP contribution >= 0.6 is 19.3 Å². The third-order valence-corrected chi connectivity index (χ3v) is 7.81. The number of nitrogens with zero attached hydrogens (tertiary/aromatic N) is 4. The highest BCUT2D eigenvalue weighted by Crippen LogP contribution is 2.49. The van der Waals surface area contributed by atoms with Crippen LogP contribution in [0.2, 0.25) is 0 Å². The molecule has 0 spiro atoms. The normalized spacial score (nSPS) is 24.7. The monoisotopic (exact) mass is 616 g/mol. The second-order valence-electron chi connectivity index (χ2n) is 9.32. The third kappa shape index (κ3) is 6.88. The van der Waals surface area contributed by atoms with Gasteiger partial charge >= 0.3 is 13.7 Å². The van der Waals surface area contributed by atoms with Crippen LogP contribution in [-0.2, 0) is 23.4 Å². The van der Waals surface area contributed by atoms with Crippen molar-refractivity contribution in [3.05, 3.63) is 36.7 Å². The number of alkyl halides is 2. The number of aliphatic hydroxyl groups is 1. The molecule has 0 amide bonds. The highest BCUT2D eigenvalue weighted by atomic mass is 35.5. The number of para-hydroxylation sites is 1. The molecule has 4 N–H and O–H groups in total. The molecule has 3 aromatic rings. The number of hydrogen-bond donors (Lipinski definition) is 3. The molecule has 0 bridgehead atoms. The van der Waals surface area contributed by atoms with Crippen molar-refractivity contribution in [3.8, 4) is 11.6 Å².